The first-order valence-electron chi connectivity index (χ1n) is 8.96. The Kier molecular flexibility index (Phi) is 4.93. The molecule has 4 rings (SSSR count). The average Bonchev–Trinajstić information content (AvgIpc) is 3.05. The Morgan fingerprint density at radius 1 is 1.19 bits per heavy atom. The van der Waals surface area contributed by atoms with Crippen LogP contribution in [-0.4, -0.2) is 54.3 Å². The van der Waals surface area contributed by atoms with Gasteiger partial charge in [0.15, 0.2) is 0 Å². The van der Waals surface area contributed by atoms with Crippen LogP contribution in [0.25, 0.3) is 11.0 Å². The van der Waals surface area contributed by atoms with Crippen LogP contribution in [0, 0.1) is 0 Å². The molecule has 0 spiro atoms. The lowest BCUT2D eigenvalue weighted by molar-refractivity contribution is 0.146. The van der Waals surface area contributed by atoms with Crippen molar-refractivity contribution >= 4 is 22.8 Å². The summed E-state index contributed by atoms with van der Waals surface area (Å²) >= 11 is 0. The minimum absolute atomic E-state index is 0.134. The quantitative estimate of drug-likeness (QED) is 0.657. The van der Waals surface area contributed by atoms with Gasteiger partial charge in [-0.05, 0) is 24.3 Å². The van der Waals surface area contributed by atoms with Gasteiger partial charge in [-0.3, -0.25) is 0 Å². The van der Waals surface area contributed by atoms with E-state index in [1.54, 1.807) is 12.0 Å². The monoisotopic (exact) mass is 366 g/mol. The van der Waals surface area contributed by atoms with Crippen molar-refractivity contribution in [1.82, 2.24) is 14.9 Å². The molecule has 1 aliphatic rings. The highest BCUT2D eigenvalue weighted by atomic mass is 16.5. The van der Waals surface area contributed by atoms with Crippen LogP contribution in [0.3, 0.4) is 0 Å². The Morgan fingerprint density at radius 3 is 2.78 bits per heavy atom. The third-order valence-corrected chi connectivity index (χ3v) is 4.64. The Bertz CT molecular complexity index is 901. The van der Waals surface area contributed by atoms with Gasteiger partial charge in [-0.15, -0.1) is 0 Å². The number of para-hydroxylation sites is 4. The molecule has 2 N–H and O–H groups in total. The molecule has 3 aromatic rings. The van der Waals surface area contributed by atoms with E-state index >= 15 is 0 Å². The molecule has 0 bridgehead atoms. The second kappa shape index (κ2) is 7.67. The number of rotatable bonds is 6. The van der Waals surface area contributed by atoms with Crippen LogP contribution in [0.4, 0.5) is 10.5 Å². The number of benzene rings is 2. The summed E-state index contributed by atoms with van der Waals surface area (Å²) in [5.41, 5.74) is 2.64. The number of fused-ring (bicyclic) bond motifs is 1. The van der Waals surface area contributed by atoms with E-state index in [-0.39, 0.29) is 11.9 Å². The molecule has 27 heavy (non-hydrogen) atoms. The van der Waals surface area contributed by atoms with Gasteiger partial charge in [-0.2, -0.15) is 0 Å². The Balaban J connectivity index is 1.35. The van der Waals surface area contributed by atoms with Crippen LogP contribution in [0.1, 0.15) is 11.7 Å². The number of ether oxygens (including phenoxy) is 2. The van der Waals surface area contributed by atoms with E-state index in [1.165, 1.54) is 0 Å². The van der Waals surface area contributed by atoms with E-state index in [0.717, 1.165) is 16.9 Å². The summed E-state index contributed by atoms with van der Waals surface area (Å²) in [6.07, 6.45) is 0. The van der Waals surface area contributed by atoms with E-state index < -0.39 is 0 Å². The van der Waals surface area contributed by atoms with Crippen LogP contribution in [0.2, 0.25) is 0 Å². The molecule has 1 aromatic heterocycles. The number of nitrogens with one attached hydrogen (secondary N) is 2. The van der Waals surface area contributed by atoms with Gasteiger partial charge in [0.1, 0.15) is 18.2 Å². The zero-order chi connectivity index (χ0) is 18.6. The minimum Gasteiger partial charge on any atom is -0.489 e. The predicted molar refractivity (Wildman–Crippen MR) is 103 cm³/mol. The highest BCUT2D eigenvalue weighted by Crippen LogP contribution is 2.29. The number of methoxy groups -OCH3 is 1. The summed E-state index contributed by atoms with van der Waals surface area (Å²) in [5.74, 6) is 1.80. The molecule has 0 radical (unpaired) electrons. The van der Waals surface area contributed by atoms with E-state index in [2.05, 4.69) is 15.3 Å². The molecule has 2 heterocycles. The first kappa shape index (κ1) is 17.4. The zero-order valence-corrected chi connectivity index (χ0v) is 15.1. The number of carbonyl (C=O) groups is 1. The van der Waals surface area contributed by atoms with Crippen molar-refractivity contribution in [2.45, 2.75) is 5.92 Å². The number of hydrogen-bond donors (Lipinski definition) is 2. The number of anilines is 1. The summed E-state index contributed by atoms with van der Waals surface area (Å²) in [5, 5.41) is 2.93. The first-order valence-corrected chi connectivity index (χ1v) is 8.96. The molecule has 2 amide bonds. The van der Waals surface area contributed by atoms with Crippen molar-refractivity contribution in [2.75, 3.05) is 38.7 Å². The maximum Gasteiger partial charge on any atom is 0.321 e. The Hall–Kier alpha value is -3.06. The maximum absolute atomic E-state index is 12.5. The van der Waals surface area contributed by atoms with Gasteiger partial charge in [-0.1, -0.05) is 24.3 Å². The molecule has 7 heteroatoms. The fourth-order valence-electron chi connectivity index (χ4n) is 3.11. The number of likely N-dealkylation sites (tertiary alicyclic amines) is 1. The maximum atomic E-state index is 12.5. The molecular weight excluding hydrogens is 344 g/mol. The third-order valence-electron chi connectivity index (χ3n) is 4.64. The summed E-state index contributed by atoms with van der Waals surface area (Å²) in [4.78, 5) is 22.3. The van der Waals surface area contributed by atoms with E-state index in [1.807, 2.05) is 48.5 Å². The topological polar surface area (TPSA) is 79.5 Å². The largest absolute Gasteiger partial charge is 0.489 e. The van der Waals surface area contributed by atoms with Gasteiger partial charge in [-0.25, -0.2) is 9.78 Å². The fourth-order valence-corrected chi connectivity index (χ4v) is 3.11. The number of H-pyrrole nitrogens is 1. The highest BCUT2D eigenvalue weighted by molar-refractivity contribution is 5.91. The van der Waals surface area contributed by atoms with Crippen molar-refractivity contribution in [1.29, 1.82) is 0 Å². The number of hydrogen-bond acceptors (Lipinski definition) is 4. The Labute approximate surface area is 157 Å². The highest BCUT2D eigenvalue weighted by Gasteiger charge is 2.34. The summed E-state index contributed by atoms with van der Waals surface area (Å²) < 4.78 is 10.7. The SMILES string of the molecule is COCCOc1ccccc1NC(=O)N1CC(c2nc3ccccc3[nH]2)C1. The molecule has 0 saturated carbocycles. The minimum atomic E-state index is -0.134. The van der Waals surface area contributed by atoms with Gasteiger partial charge in [0.25, 0.3) is 0 Å². The number of urea groups is 1. The average molecular weight is 366 g/mol. The van der Waals surface area contributed by atoms with E-state index in [9.17, 15) is 4.79 Å². The number of aromatic nitrogens is 2. The van der Waals surface area contributed by atoms with E-state index in [0.29, 0.717) is 37.7 Å². The molecule has 1 aliphatic heterocycles. The molecule has 140 valence electrons. The molecule has 2 aromatic carbocycles. The second-order valence-corrected chi connectivity index (χ2v) is 6.51. The van der Waals surface area contributed by atoms with Crippen LogP contribution in [-0.2, 0) is 4.74 Å². The van der Waals surface area contributed by atoms with E-state index in [4.69, 9.17) is 9.47 Å². The van der Waals surface area contributed by atoms with Crippen LogP contribution >= 0.6 is 0 Å². The third kappa shape index (κ3) is 3.73. The standard InChI is InChI=1S/C20H22N4O3/c1-26-10-11-27-18-9-5-4-8-17(18)23-20(25)24-12-14(13-24)19-21-15-6-2-3-7-16(15)22-19/h2-9,14H,10-13H2,1H3,(H,21,22)(H,23,25). The van der Waals surface area contributed by atoms with Crippen LogP contribution < -0.4 is 10.1 Å². The van der Waals surface area contributed by atoms with Gasteiger partial charge in [0.2, 0.25) is 0 Å². The van der Waals surface area contributed by atoms with Crippen LogP contribution in [0.15, 0.2) is 48.5 Å². The lowest BCUT2D eigenvalue weighted by atomic mass is 10.0. The van der Waals surface area contributed by atoms with Crippen molar-refractivity contribution in [3.63, 3.8) is 0 Å². The molecule has 0 aliphatic carbocycles. The molecule has 1 saturated heterocycles. The van der Waals surface area contributed by atoms with Gasteiger partial charge < -0.3 is 24.7 Å². The molecular formula is C20H22N4O3. The van der Waals surface area contributed by atoms with Gasteiger partial charge in [0, 0.05) is 20.2 Å². The molecule has 1 fully saturated rings. The van der Waals surface area contributed by atoms with Gasteiger partial charge in [0.05, 0.1) is 29.2 Å². The molecule has 7 nitrogen and oxygen atoms in total. The zero-order valence-electron chi connectivity index (χ0n) is 15.1. The fraction of sp³-hybridized carbons (Fsp3) is 0.300. The number of carbonyl (C=O) groups excluding carboxylic acids is 1. The second-order valence-electron chi connectivity index (χ2n) is 6.51. The van der Waals surface area contributed by atoms with Crippen LogP contribution in [0.5, 0.6) is 5.75 Å². The summed E-state index contributed by atoms with van der Waals surface area (Å²) in [6, 6.07) is 15.2. The number of amides is 2. The normalized spacial score (nSPS) is 14.2. The predicted octanol–water partition coefficient (Wildman–Crippen LogP) is 3.22. The number of imidazole rings is 1. The van der Waals surface area contributed by atoms with Crippen molar-refractivity contribution in [3.05, 3.63) is 54.4 Å². The molecule has 0 atom stereocenters. The lowest BCUT2D eigenvalue weighted by Crippen LogP contribution is -2.50. The van der Waals surface area contributed by atoms with Crippen molar-refractivity contribution in [2.24, 2.45) is 0 Å². The summed E-state index contributed by atoms with van der Waals surface area (Å²) in [6.45, 7) is 2.20. The van der Waals surface area contributed by atoms with Gasteiger partial charge >= 0.3 is 6.03 Å². The Morgan fingerprint density at radius 2 is 1.96 bits per heavy atom. The summed E-state index contributed by atoms with van der Waals surface area (Å²) in [7, 11) is 1.62. The van der Waals surface area contributed by atoms with Crippen molar-refractivity contribution < 1.29 is 14.3 Å². The smallest absolute Gasteiger partial charge is 0.321 e. The molecule has 0 unspecified atom stereocenters. The first-order chi connectivity index (χ1) is 13.2. The number of nitrogens with zero attached hydrogens (tertiary/aromatic N) is 2. The lowest BCUT2D eigenvalue weighted by Gasteiger charge is -2.38. The number of aromatic amines is 1. The van der Waals surface area contributed by atoms with Crippen molar-refractivity contribution in [3.8, 4) is 5.75 Å².